The molecular weight excluding hydrogens is 236 g/mol. The van der Waals surface area contributed by atoms with E-state index in [1.165, 1.54) is 21.6 Å². The molecule has 4 nitrogen and oxygen atoms in total. The maximum absolute atomic E-state index is 12.1. The lowest BCUT2D eigenvalue weighted by molar-refractivity contribution is 0.470. The zero-order valence-corrected chi connectivity index (χ0v) is 9.52. The summed E-state index contributed by atoms with van der Waals surface area (Å²) >= 11 is 1.27. The number of hydrogen-bond donors (Lipinski definition) is 1. The SMILES string of the molecule is O=c1c2ccccc2sn1-c1ncccc1O. The second-order valence-electron chi connectivity index (χ2n) is 3.53. The van der Waals surface area contributed by atoms with Crippen molar-refractivity contribution in [2.45, 2.75) is 0 Å². The highest BCUT2D eigenvalue weighted by Gasteiger charge is 2.12. The van der Waals surface area contributed by atoms with Gasteiger partial charge in [0, 0.05) is 6.20 Å². The Labute approximate surface area is 101 Å². The summed E-state index contributed by atoms with van der Waals surface area (Å²) in [7, 11) is 0. The molecule has 0 atom stereocenters. The lowest BCUT2D eigenvalue weighted by Crippen LogP contribution is -2.11. The average Bonchev–Trinajstić information content (AvgIpc) is 2.68. The van der Waals surface area contributed by atoms with Crippen LogP contribution in [0.5, 0.6) is 5.75 Å². The van der Waals surface area contributed by atoms with Gasteiger partial charge >= 0.3 is 0 Å². The molecule has 0 aliphatic heterocycles. The molecule has 17 heavy (non-hydrogen) atoms. The number of pyridine rings is 1. The van der Waals surface area contributed by atoms with Gasteiger partial charge in [-0.15, -0.1) is 0 Å². The molecular formula is C12H8N2O2S. The minimum Gasteiger partial charge on any atom is -0.504 e. The van der Waals surface area contributed by atoms with Crippen molar-refractivity contribution in [2.75, 3.05) is 0 Å². The van der Waals surface area contributed by atoms with Crippen LogP contribution in [0.15, 0.2) is 47.4 Å². The molecule has 0 unspecified atom stereocenters. The van der Waals surface area contributed by atoms with Crippen molar-refractivity contribution in [3.05, 3.63) is 52.9 Å². The van der Waals surface area contributed by atoms with Gasteiger partial charge in [-0.2, -0.15) is 0 Å². The van der Waals surface area contributed by atoms with Crippen molar-refractivity contribution in [1.82, 2.24) is 8.94 Å². The average molecular weight is 244 g/mol. The topological polar surface area (TPSA) is 55.1 Å². The molecule has 3 aromatic rings. The van der Waals surface area contributed by atoms with E-state index in [0.29, 0.717) is 5.39 Å². The van der Waals surface area contributed by atoms with Gasteiger partial charge in [-0.1, -0.05) is 12.1 Å². The fourth-order valence-electron chi connectivity index (χ4n) is 1.66. The first kappa shape index (κ1) is 10.0. The van der Waals surface area contributed by atoms with Gasteiger partial charge in [0.15, 0.2) is 11.6 Å². The molecule has 0 saturated carbocycles. The monoisotopic (exact) mass is 244 g/mol. The zero-order chi connectivity index (χ0) is 11.8. The number of rotatable bonds is 1. The highest BCUT2D eigenvalue weighted by atomic mass is 32.1. The molecule has 2 aromatic heterocycles. The largest absolute Gasteiger partial charge is 0.504 e. The van der Waals surface area contributed by atoms with Crippen LogP contribution in [0, 0.1) is 0 Å². The summed E-state index contributed by atoms with van der Waals surface area (Å²) in [5, 5.41) is 10.3. The van der Waals surface area contributed by atoms with E-state index in [2.05, 4.69) is 4.98 Å². The van der Waals surface area contributed by atoms with Crippen molar-refractivity contribution >= 4 is 21.6 Å². The van der Waals surface area contributed by atoms with Crippen LogP contribution in [-0.4, -0.2) is 14.0 Å². The number of hydrogen-bond acceptors (Lipinski definition) is 4. The predicted molar refractivity (Wildman–Crippen MR) is 66.9 cm³/mol. The Balaban J connectivity index is 2.36. The second kappa shape index (κ2) is 3.71. The molecule has 5 heteroatoms. The first-order chi connectivity index (χ1) is 8.27. The summed E-state index contributed by atoms with van der Waals surface area (Å²) in [5.74, 6) is 0.278. The first-order valence-corrected chi connectivity index (χ1v) is 5.80. The van der Waals surface area contributed by atoms with Crippen LogP contribution < -0.4 is 5.56 Å². The molecule has 3 rings (SSSR count). The lowest BCUT2D eigenvalue weighted by Gasteiger charge is -2.00. The van der Waals surface area contributed by atoms with Crippen LogP contribution in [0.25, 0.3) is 15.9 Å². The molecule has 0 amide bonds. The highest BCUT2D eigenvalue weighted by molar-refractivity contribution is 7.14. The fourth-order valence-corrected chi connectivity index (χ4v) is 2.65. The molecule has 0 spiro atoms. The predicted octanol–water partition coefficient (Wildman–Crippen LogP) is 2.15. The molecule has 84 valence electrons. The van der Waals surface area contributed by atoms with E-state index in [9.17, 15) is 9.90 Å². The molecule has 0 bridgehead atoms. The Hall–Kier alpha value is -2.14. The minimum atomic E-state index is -0.153. The number of fused-ring (bicyclic) bond motifs is 1. The van der Waals surface area contributed by atoms with Gasteiger partial charge in [-0.3, -0.25) is 4.79 Å². The van der Waals surface area contributed by atoms with Crippen molar-refractivity contribution in [2.24, 2.45) is 0 Å². The van der Waals surface area contributed by atoms with Gasteiger partial charge in [-0.25, -0.2) is 8.94 Å². The van der Waals surface area contributed by atoms with Crippen molar-refractivity contribution < 1.29 is 5.11 Å². The molecule has 2 heterocycles. The molecule has 1 aromatic carbocycles. The summed E-state index contributed by atoms with van der Waals surface area (Å²) < 4.78 is 2.28. The number of benzene rings is 1. The van der Waals surface area contributed by atoms with Gasteiger partial charge in [0.1, 0.15) is 0 Å². The molecule has 0 aliphatic rings. The number of aromatic hydroxyl groups is 1. The quantitative estimate of drug-likeness (QED) is 0.713. The molecule has 0 fully saturated rings. The Morgan fingerprint density at radius 1 is 1.18 bits per heavy atom. The summed E-state index contributed by atoms with van der Waals surface area (Å²) in [6, 6.07) is 10.5. The molecule has 0 radical (unpaired) electrons. The van der Waals surface area contributed by atoms with Crippen molar-refractivity contribution in [1.29, 1.82) is 0 Å². The van der Waals surface area contributed by atoms with Gasteiger partial charge in [0.25, 0.3) is 5.56 Å². The van der Waals surface area contributed by atoms with E-state index in [-0.39, 0.29) is 17.1 Å². The van der Waals surface area contributed by atoms with Gasteiger partial charge in [0.05, 0.1) is 10.1 Å². The van der Waals surface area contributed by atoms with Crippen LogP contribution in [0.2, 0.25) is 0 Å². The van der Waals surface area contributed by atoms with Crippen LogP contribution in [0.4, 0.5) is 0 Å². The summed E-state index contributed by atoms with van der Waals surface area (Å²) in [5.41, 5.74) is -0.153. The number of aromatic nitrogens is 2. The van der Waals surface area contributed by atoms with E-state index in [4.69, 9.17) is 0 Å². The second-order valence-corrected chi connectivity index (χ2v) is 4.52. The summed E-state index contributed by atoms with van der Waals surface area (Å²) in [6.45, 7) is 0. The Morgan fingerprint density at radius 2 is 2.00 bits per heavy atom. The summed E-state index contributed by atoms with van der Waals surface area (Å²) in [6.07, 6.45) is 1.55. The van der Waals surface area contributed by atoms with E-state index in [1.807, 2.05) is 18.2 Å². The third-order valence-electron chi connectivity index (χ3n) is 2.45. The van der Waals surface area contributed by atoms with E-state index in [0.717, 1.165) is 4.70 Å². The van der Waals surface area contributed by atoms with E-state index >= 15 is 0 Å². The Morgan fingerprint density at radius 3 is 2.76 bits per heavy atom. The lowest BCUT2D eigenvalue weighted by atomic mass is 10.3. The molecule has 1 N–H and O–H groups in total. The normalized spacial score (nSPS) is 10.8. The maximum Gasteiger partial charge on any atom is 0.274 e. The van der Waals surface area contributed by atoms with Gasteiger partial charge in [0.2, 0.25) is 0 Å². The fraction of sp³-hybridized carbons (Fsp3) is 0. The zero-order valence-electron chi connectivity index (χ0n) is 8.70. The van der Waals surface area contributed by atoms with E-state index in [1.54, 1.807) is 18.3 Å². The van der Waals surface area contributed by atoms with Crippen LogP contribution in [-0.2, 0) is 0 Å². The Bertz CT molecular complexity index is 745. The Kier molecular flexibility index (Phi) is 2.19. The van der Waals surface area contributed by atoms with Gasteiger partial charge < -0.3 is 5.11 Å². The van der Waals surface area contributed by atoms with Crippen molar-refractivity contribution in [3.8, 4) is 11.6 Å². The first-order valence-electron chi connectivity index (χ1n) is 5.03. The third kappa shape index (κ3) is 1.52. The van der Waals surface area contributed by atoms with E-state index < -0.39 is 0 Å². The van der Waals surface area contributed by atoms with Crippen LogP contribution >= 0.6 is 11.5 Å². The third-order valence-corrected chi connectivity index (χ3v) is 3.52. The van der Waals surface area contributed by atoms with Gasteiger partial charge in [-0.05, 0) is 35.8 Å². The minimum absolute atomic E-state index is 0.00107. The number of nitrogens with zero attached hydrogens (tertiary/aromatic N) is 2. The highest BCUT2D eigenvalue weighted by Crippen LogP contribution is 2.23. The molecule has 0 saturated heterocycles. The maximum atomic E-state index is 12.1. The molecule has 0 aliphatic carbocycles. The summed E-state index contributed by atoms with van der Waals surface area (Å²) in [4.78, 5) is 16.1. The smallest absolute Gasteiger partial charge is 0.274 e. The van der Waals surface area contributed by atoms with Crippen molar-refractivity contribution in [3.63, 3.8) is 0 Å². The van der Waals surface area contributed by atoms with Crippen LogP contribution in [0.3, 0.4) is 0 Å². The van der Waals surface area contributed by atoms with Crippen LogP contribution in [0.1, 0.15) is 0 Å². The standard InChI is InChI=1S/C12H8N2O2S/c15-9-5-3-7-13-11(9)14-12(16)8-4-1-2-6-10(8)17-14/h1-7,15H.